The van der Waals surface area contributed by atoms with Crippen LogP contribution >= 0.6 is 0 Å². The molecule has 0 fully saturated rings. The Morgan fingerprint density at radius 1 is 0.818 bits per heavy atom. The minimum atomic E-state index is -3.91. The molecule has 0 N–H and O–H groups in total. The molecular formula is C37H45NO3S2Si. The van der Waals surface area contributed by atoms with E-state index in [1.807, 2.05) is 61.5 Å². The van der Waals surface area contributed by atoms with E-state index in [-0.39, 0.29) is 16.0 Å². The van der Waals surface area contributed by atoms with Gasteiger partial charge in [0.05, 0.1) is 4.90 Å². The quantitative estimate of drug-likeness (QED) is 0.0601. The summed E-state index contributed by atoms with van der Waals surface area (Å²) >= 11 is -0.992. The number of nitrogens with zero attached hydrogens (tertiary/aromatic N) is 1. The van der Waals surface area contributed by atoms with Crippen LogP contribution in [0.15, 0.2) is 137 Å². The fraction of sp³-hybridized carbons (Fsp3) is 0.297. The van der Waals surface area contributed by atoms with Gasteiger partial charge in [-0.1, -0.05) is 149 Å². The van der Waals surface area contributed by atoms with E-state index in [1.165, 1.54) is 10.4 Å². The molecule has 0 heterocycles. The van der Waals surface area contributed by atoms with E-state index >= 15 is 0 Å². The summed E-state index contributed by atoms with van der Waals surface area (Å²) in [7, 11) is -6.82. The summed E-state index contributed by atoms with van der Waals surface area (Å²) in [6, 6.07) is 37.8. The Morgan fingerprint density at radius 3 is 1.84 bits per heavy atom. The third-order valence-corrected chi connectivity index (χ3v) is 16.6. The minimum Gasteiger partial charge on any atom is -0.396 e. The number of benzene rings is 4. The molecule has 0 spiro atoms. The number of sulfonamides is 1. The SMILES string of the molecule is CCCC/C=C/[C@@H](C[S+]([N-]S(=O)(=O)c1ccc(C)cc1)c1ccccc1)O[Si](c1ccccc1)(c1ccccc1)C(C)(C)C. The molecule has 7 heteroatoms. The Bertz CT molecular complexity index is 1530. The van der Waals surface area contributed by atoms with E-state index in [4.69, 9.17) is 4.43 Å². The summed E-state index contributed by atoms with van der Waals surface area (Å²) in [5.74, 6) is 0.419. The van der Waals surface area contributed by atoms with Crippen molar-refractivity contribution in [3.8, 4) is 0 Å². The van der Waals surface area contributed by atoms with Gasteiger partial charge in [0.1, 0.15) is 26.8 Å². The standard InChI is InChI=1S/C37H45NO3S2Si/c1-6-7-8-12-19-32(41-44(37(3,4)5,35-22-15-10-16-23-35)36-24-17-11-18-25-36)30-42(33-20-13-9-14-21-33)38-43(39,40)34-28-26-31(2)27-29-34/h9-29,32H,6-8,30H2,1-5H3/b19-12+/t32-,42?/m0/s1. The normalized spacial score (nSPS) is 14.0. The van der Waals surface area contributed by atoms with Gasteiger partial charge in [-0.25, -0.2) is 8.42 Å². The summed E-state index contributed by atoms with van der Waals surface area (Å²) in [4.78, 5) is 1.08. The van der Waals surface area contributed by atoms with Gasteiger partial charge in [0.2, 0.25) is 0 Å². The van der Waals surface area contributed by atoms with Crippen molar-refractivity contribution in [2.24, 2.45) is 0 Å². The van der Waals surface area contributed by atoms with Crippen LogP contribution in [-0.2, 0) is 25.5 Å². The van der Waals surface area contributed by atoms with Gasteiger partial charge in [0.15, 0.2) is 0 Å². The first-order chi connectivity index (χ1) is 21.1. The van der Waals surface area contributed by atoms with Crippen molar-refractivity contribution < 1.29 is 12.8 Å². The molecule has 0 radical (unpaired) electrons. The molecule has 4 rings (SSSR count). The third kappa shape index (κ3) is 8.40. The van der Waals surface area contributed by atoms with E-state index in [2.05, 4.69) is 92.5 Å². The van der Waals surface area contributed by atoms with E-state index in [9.17, 15) is 8.42 Å². The predicted octanol–water partition coefficient (Wildman–Crippen LogP) is 8.34. The first kappa shape index (κ1) is 33.9. The van der Waals surface area contributed by atoms with Crippen molar-refractivity contribution in [3.05, 3.63) is 137 Å². The van der Waals surface area contributed by atoms with Gasteiger partial charge in [-0.3, -0.25) is 0 Å². The van der Waals surface area contributed by atoms with Crippen molar-refractivity contribution in [1.29, 1.82) is 0 Å². The summed E-state index contributed by atoms with van der Waals surface area (Å²) in [5.41, 5.74) is 1.00. The maximum absolute atomic E-state index is 13.7. The molecule has 4 nitrogen and oxygen atoms in total. The van der Waals surface area contributed by atoms with Gasteiger partial charge in [-0.15, -0.1) is 0 Å². The molecule has 0 amide bonds. The molecule has 44 heavy (non-hydrogen) atoms. The van der Waals surface area contributed by atoms with Crippen LogP contribution in [-0.4, -0.2) is 28.6 Å². The zero-order valence-corrected chi connectivity index (χ0v) is 29.2. The average molecular weight is 644 g/mol. The molecule has 0 aliphatic carbocycles. The fourth-order valence-corrected chi connectivity index (χ4v) is 13.7. The molecule has 4 aromatic rings. The molecule has 0 saturated carbocycles. The Hall–Kier alpha value is -2.94. The first-order valence-corrected chi connectivity index (χ1v) is 20.0. The van der Waals surface area contributed by atoms with Crippen LogP contribution in [0.3, 0.4) is 0 Å². The summed E-state index contributed by atoms with van der Waals surface area (Å²) in [6.45, 7) is 10.9. The predicted molar refractivity (Wildman–Crippen MR) is 190 cm³/mol. The van der Waals surface area contributed by atoms with Crippen molar-refractivity contribution >= 4 is 39.8 Å². The summed E-state index contributed by atoms with van der Waals surface area (Å²) < 4.78 is 39.5. The largest absolute Gasteiger partial charge is 0.396 e. The maximum Gasteiger partial charge on any atom is 0.262 e. The monoisotopic (exact) mass is 643 g/mol. The lowest BCUT2D eigenvalue weighted by Gasteiger charge is -2.44. The molecular weight excluding hydrogens is 599 g/mol. The molecule has 1 unspecified atom stereocenters. The van der Waals surface area contributed by atoms with Gasteiger partial charge >= 0.3 is 0 Å². The fourth-order valence-electron chi connectivity index (χ4n) is 5.39. The van der Waals surface area contributed by atoms with Gasteiger partial charge in [0, 0.05) is 0 Å². The number of allylic oxidation sites excluding steroid dienone is 1. The molecule has 0 aromatic heterocycles. The van der Waals surface area contributed by atoms with Gasteiger partial charge in [-0.2, -0.15) is 0 Å². The lowest BCUT2D eigenvalue weighted by Crippen LogP contribution is -2.68. The summed E-state index contributed by atoms with van der Waals surface area (Å²) in [5, 5.41) is 2.16. The topological polar surface area (TPSA) is 57.5 Å². The molecule has 0 aliphatic heterocycles. The second kappa shape index (κ2) is 15.4. The second-order valence-corrected chi connectivity index (χ2v) is 19.9. The van der Waals surface area contributed by atoms with E-state index in [1.54, 1.807) is 12.1 Å². The van der Waals surface area contributed by atoms with Gasteiger partial charge < -0.3 is 8.55 Å². The average Bonchev–Trinajstić information content (AvgIpc) is 3.02. The molecule has 0 saturated heterocycles. The molecule has 232 valence electrons. The number of rotatable bonds is 14. The smallest absolute Gasteiger partial charge is 0.262 e. The van der Waals surface area contributed by atoms with Crippen molar-refractivity contribution in [3.63, 3.8) is 0 Å². The number of hydrogen-bond donors (Lipinski definition) is 0. The second-order valence-electron chi connectivity index (χ2n) is 12.1. The zero-order valence-electron chi connectivity index (χ0n) is 26.5. The molecule has 0 aliphatic rings. The van der Waals surface area contributed by atoms with Crippen LogP contribution in [0.2, 0.25) is 5.04 Å². The van der Waals surface area contributed by atoms with E-state index in [0.717, 1.165) is 29.7 Å². The van der Waals surface area contributed by atoms with Crippen LogP contribution in [0.1, 0.15) is 52.5 Å². The number of hydrogen-bond acceptors (Lipinski definition) is 3. The van der Waals surface area contributed by atoms with Gasteiger partial charge in [0.25, 0.3) is 8.32 Å². The first-order valence-electron chi connectivity index (χ1n) is 15.3. The maximum atomic E-state index is 13.7. The lowest BCUT2D eigenvalue weighted by atomic mass is 10.2. The van der Waals surface area contributed by atoms with Crippen LogP contribution in [0.4, 0.5) is 0 Å². The van der Waals surface area contributed by atoms with Crippen LogP contribution in [0, 0.1) is 6.92 Å². The molecule has 0 bridgehead atoms. The summed E-state index contributed by atoms with van der Waals surface area (Å²) in [6.07, 6.45) is 7.12. The van der Waals surface area contributed by atoms with E-state index < -0.39 is 29.4 Å². The minimum absolute atomic E-state index is 0.208. The zero-order chi connectivity index (χ0) is 31.6. The van der Waals surface area contributed by atoms with E-state index in [0.29, 0.717) is 5.75 Å². The highest BCUT2D eigenvalue weighted by atomic mass is 32.3. The highest BCUT2D eigenvalue weighted by molar-refractivity contribution is 8.14. The highest BCUT2D eigenvalue weighted by Gasteiger charge is 2.51. The van der Waals surface area contributed by atoms with Crippen LogP contribution < -0.4 is 10.4 Å². The Balaban J connectivity index is 1.82. The van der Waals surface area contributed by atoms with Gasteiger partial charge in [-0.05, 0) is 64.1 Å². The number of unbranched alkanes of at least 4 members (excludes halogenated alkanes) is 2. The lowest BCUT2D eigenvalue weighted by molar-refractivity contribution is 0.255. The Kier molecular flexibility index (Phi) is 11.9. The molecule has 2 atom stereocenters. The highest BCUT2D eigenvalue weighted by Crippen LogP contribution is 2.39. The third-order valence-electron chi connectivity index (χ3n) is 7.66. The van der Waals surface area contributed by atoms with Crippen molar-refractivity contribution in [2.45, 2.75) is 74.8 Å². The van der Waals surface area contributed by atoms with Crippen molar-refractivity contribution in [2.75, 3.05) is 5.75 Å². The Labute approximate surface area is 269 Å². The number of aryl methyl sites for hydroxylation is 1. The Morgan fingerprint density at radius 2 is 1.34 bits per heavy atom. The molecule has 4 aromatic carbocycles. The van der Waals surface area contributed by atoms with Crippen molar-refractivity contribution in [1.82, 2.24) is 0 Å². The van der Waals surface area contributed by atoms with Crippen LogP contribution in [0.25, 0.3) is 4.13 Å². The van der Waals surface area contributed by atoms with Crippen LogP contribution in [0.5, 0.6) is 0 Å².